The van der Waals surface area contributed by atoms with Crippen molar-refractivity contribution in [2.24, 2.45) is 0 Å². The molecule has 0 aromatic heterocycles. The predicted molar refractivity (Wildman–Crippen MR) is 122 cm³/mol. The Morgan fingerprint density at radius 3 is 2.07 bits per heavy atom. The molecule has 3 aromatic carbocycles. The molecular weight excluding hydrogens is 374 g/mol. The maximum absolute atomic E-state index is 13.2. The van der Waals surface area contributed by atoms with Gasteiger partial charge in [-0.2, -0.15) is 0 Å². The molecule has 5 heteroatoms. The summed E-state index contributed by atoms with van der Waals surface area (Å²) in [6.45, 7) is 4.49. The molecule has 3 aromatic rings. The van der Waals surface area contributed by atoms with E-state index in [2.05, 4.69) is 16.0 Å². The number of carbonyl (C=O) groups excluding carboxylic acids is 2. The molecule has 0 atom stereocenters. The Morgan fingerprint density at radius 1 is 0.867 bits per heavy atom. The minimum Gasteiger partial charge on any atom is -0.382 e. The highest BCUT2D eigenvalue weighted by atomic mass is 16.2. The molecule has 0 bridgehead atoms. The topological polar surface area (TPSA) is 70.2 Å². The zero-order valence-electron chi connectivity index (χ0n) is 17.3. The molecule has 0 spiro atoms. The number of fused-ring (bicyclic) bond motifs is 1. The van der Waals surface area contributed by atoms with Crippen molar-refractivity contribution in [3.05, 3.63) is 95.6 Å². The van der Waals surface area contributed by atoms with Gasteiger partial charge in [0.15, 0.2) is 0 Å². The number of carbonyl (C=O) groups is 2. The van der Waals surface area contributed by atoms with Gasteiger partial charge < -0.3 is 16.0 Å². The normalized spacial score (nSPS) is 12.4. The van der Waals surface area contributed by atoms with Gasteiger partial charge in [0.1, 0.15) is 0 Å². The molecule has 0 aliphatic carbocycles. The maximum Gasteiger partial charge on any atom is 0.254 e. The number of benzene rings is 3. The molecule has 1 aliphatic rings. The summed E-state index contributed by atoms with van der Waals surface area (Å²) in [5.74, 6) is -0.256. The lowest BCUT2D eigenvalue weighted by molar-refractivity contribution is -0.115. The Labute approximate surface area is 177 Å². The molecule has 0 unspecified atom stereocenters. The van der Waals surface area contributed by atoms with E-state index in [0.29, 0.717) is 29.9 Å². The van der Waals surface area contributed by atoms with Gasteiger partial charge in [0.05, 0.1) is 23.0 Å². The third kappa shape index (κ3) is 4.87. The Bertz CT molecular complexity index is 948. The summed E-state index contributed by atoms with van der Waals surface area (Å²) in [4.78, 5) is 25.0. The molecular formula is C25H27N3O2. The number of hydrogen-bond donors (Lipinski definition) is 3. The number of nitrogens with one attached hydrogen (secondary N) is 3. The van der Waals surface area contributed by atoms with Crippen LogP contribution in [0.4, 0.5) is 11.4 Å². The molecule has 2 amide bonds. The molecule has 5 nitrogen and oxygen atoms in total. The second-order valence-electron chi connectivity index (χ2n) is 6.68. The highest BCUT2D eigenvalue weighted by molar-refractivity contribution is 6.06. The molecule has 3 N–H and O–H groups in total. The summed E-state index contributed by atoms with van der Waals surface area (Å²) in [6.07, 6.45) is 0.367. The van der Waals surface area contributed by atoms with Crippen LogP contribution in [0.1, 0.15) is 47.8 Å². The number of anilines is 2. The van der Waals surface area contributed by atoms with Crippen LogP contribution in [0.3, 0.4) is 0 Å². The summed E-state index contributed by atoms with van der Waals surface area (Å²) in [6, 6.07) is 24.8. The molecule has 0 radical (unpaired) electrons. The van der Waals surface area contributed by atoms with E-state index >= 15 is 0 Å². The standard InChI is InChI=1S/C23H21N3O2.C2H6/c27-20-14-15-24-22-18(12-7-13-19(22)25-20)23(28)26-21(16-8-3-1-4-9-16)17-10-5-2-6-11-17;1-2/h1-13,21,24H,14-15H2,(H,25,27)(H,26,28);1-2H3. The van der Waals surface area contributed by atoms with Crippen LogP contribution in [0.15, 0.2) is 78.9 Å². The molecule has 30 heavy (non-hydrogen) atoms. The summed E-state index contributed by atoms with van der Waals surface area (Å²) in [7, 11) is 0. The summed E-state index contributed by atoms with van der Waals surface area (Å²) < 4.78 is 0. The molecule has 1 aliphatic heterocycles. The molecule has 0 saturated carbocycles. The van der Waals surface area contributed by atoms with Crippen LogP contribution in [0.25, 0.3) is 0 Å². The van der Waals surface area contributed by atoms with Crippen LogP contribution in [-0.4, -0.2) is 18.4 Å². The van der Waals surface area contributed by atoms with E-state index in [9.17, 15) is 9.59 Å². The Hall–Kier alpha value is -3.60. The number of para-hydroxylation sites is 1. The highest BCUT2D eigenvalue weighted by Gasteiger charge is 2.22. The average molecular weight is 402 g/mol. The van der Waals surface area contributed by atoms with Gasteiger partial charge in [-0.05, 0) is 23.3 Å². The number of amides is 2. The average Bonchev–Trinajstić information content (AvgIpc) is 3.00. The van der Waals surface area contributed by atoms with Crippen LogP contribution in [0.2, 0.25) is 0 Å². The molecule has 154 valence electrons. The van der Waals surface area contributed by atoms with Crippen molar-refractivity contribution in [1.82, 2.24) is 5.32 Å². The van der Waals surface area contributed by atoms with Crippen molar-refractivity contribution < 1.29 is 9.59 Å². The first-order chi connectivity index (χ1) is 14.7. The van der Waals surface area contributed by atoms with E-state index in [1.54, 1.807) is 18.2 Å². The van der Waals surface area contributed by atoms with E-state index < -0.39 is 0 Å². The van der Waals surface area contributed by atoms with Crippen molar-refractivity contribution in [2.45, 2.75) is 26.3 Å². The highest BCUT2D eigenvalue weighted by Crippen LogP contribution is 2.29. The van der Waals surface area contributed by atoms with Crippen molar-refractivity contribution in [3.63, 3.8) is 0 Å². The van der Waals surface area contributed by atoms with Gasteiger partial charge in [-0.1, -0.05) is 80.6 Å². The fourth-order valence-corrected chi connectivity index (χ4v) is 3.41. The minimum atomic E-state index is -0.272. The smallest absolute Gasteiger partial charge is 0.254 e. The maximum atomic E-state index is 13.2. The van der Waals surface area contributed by atoms with Crippen LogP contribution in [0.5, 0.6) is 0 Å². The second kappa shape index (κ2) is 10.3. The fourth-order valence-electron chi connectivity index (χ4n) is 3.41. The van der Waals surface area contributed by atoms with Gasteiger partial charge in [-0.25, -0.2) is 0 Å². The zero-order valence-corrected chi connectivity index (χ0v) is 17.3. The summed E-state index contributed by atoms with van der Waals surface area (Å²) in [5, 5.41) is 9.22. The Morgan fingerprint density at radius 2 is 1.47 bits per heavy atom. The van der Waals surface area contributed by atoms with Crippen molar-refractivity contribution >= 4 is 23.2 Å². The first-order valence-electron chi connectivity index (χ1n) is 10.3. The largest absolute Gasteiger partial charge is 0.382 e. The van der Waals surface area contributed by atoms with E-state index in [0.717, 1.165) is 11.1 Å². The first-order valence-corrected chi connectivity index (χ1v) is 10.3. The van der Waals surface area contributed by atoms with Gasteiger partial charge >= 0.3 is 0 Å². The monoisotopic (exact) mass is 401 g/mol. The van der Waals surface area contributed by atoms with Crippen LogP contribution >= 0.6 is 0 Å². The summed E-state index contributed by atoms with van der Waals surface area (Å²) >= 11 is 0. The third-order valence-electron chi connectivity index (χ3n) is 4.78. The molecule has 0 fully saturated rings. The lowest BCUT2D eigenvalue weighted by atomic mass is 9.98. The van der Waals surface area contributed by atoms with Gasteiger partial charge in [0.2, 0.25) is 5.91 Å². The lowest BCUT2D eigenvalue weighted by Gasteiger charge is -2.21. The van der Waals surface area contributed by atoms with Gasteiger partial charge in [-0.15, -0.1) is 0 Å². The summed E-state index contributed by atoms with van der Waals surface area (Å²) in [5.41, 5.74) is 3.81. The fraction of sp³-hybridized carbons (Fsp3) is 0.200. The Kier molecular flexibility index (Phi) is 7.22. The first kappa shape index (κ1) is 21.1. The van der Waals surface area contributed by atoms with E-state index in [4.69, 9.17) is 0 Å². The molecule has 4 rings (SSSR count). The molecule has 0 saturated heterocycles. The lowest BCUT2D eigenvalue weighted by Crippen LogP contribution is -2.30. The van der Waals surface area contributed by atoms with Crippen LogP contribution in [0, 0.1) is 0 Å². The number of rotatable bonds is 4. The van der Waals surface area contributed by atoms with Crippen LogP contribution < -0.4 is 16.0 Å². The van der Waals surface area contributed by atoms with Crippen molar-refractivity contribution in [3.8, 4) is 0 Å². The van der Waals surface area contributed by atoms with Gasteiger partial charge in [0, 0.05) is 13.0 Å². The number of hydrogen-bond acceptors (Lipinski definition) is 3. The van der Waals surface area contributed by atoms with E-state index in [-0.39, 0.29) is 17.9 Å². The quantitative estimate of drug-likeness (QED) is 0.577. The zero-order chi connectivity index (χ0) is 21.3. The van der Waals surface area contributed by atoms with Gasteiger partial charge in [0.25, 0.3) is 5.91 Å². The second-order valence-corrected chi connectivity index (χ2v) is 6.68. The Balaban J connectivity index is 0.00000124. The van der Waals surface area contributed by atoms with E-state index in [1.165, 1.54) is 0 Å². The van der Waals surface area contributed by atoms with Crippen molar-refractivity contribution in [2.75, 3.05) is 17.2 Å². The van der Waals surface area contributed by atoms with E-state index in [1.807, 2.05) is 74.5 Å². The van der Waals surface area contributed by atoms with Crippen LogP contribution in [-0.2, 0) is 4.79 Å². The third-order valence-corrected chi connectivity index (χ3v) is 4.78. The SMILES string of the molecule is CC.O=C1CCNc2c(cccc2C(=O)NC(c2ccccc2)c2ccccc2)N1. The molecule has 1 heterocycles. The van der Waals surface area contributed by atoms with Crippen molar-refractivity contribution in [1.29, 1.82) is 0 Å². The predicted octanol–water partition coefficient (Wildman–Crippen LogP) is 4.99. The van der Waals surface area contributed by atoms with Gasteiger partial charge in [-0.3, -0.25) is 9.59 Å². The minimum absolute atomic E-state index is 0.0599.